The Morgan fingerprint density at radius 3 is 2.53 bits per heavy atom. The quantitative estimate of drug-likeness (QED) is 0.708. The van der Waals surface area contributed by atoms with E-state index in [1.54, 1.807) is 6.92 Å². The van der Waals surface area contributed by atoms with Gasteiger partial charge in [-0.3, -0.25) is 0 Å². The molecule has 0 heterocycles. The Kier molecular flexibility index (Phi) is 3.58. The minimum atomic E-state index is -0.790. The van der Waals surface area contributed by atoms with Crippen molar-refractivity contribution >= 4 is 5.97 Å². The predicted octanol–water partition coefficient (Wildman–Crippen LogP) is 3.48. The molecular formula is C13H22O2. The van der Waals surface area contributed by atoms with E-state index in [1.807, 2.05) is 6.08 Å². The standard InChI is InChI=1S/C13H22O2/c1-9-5-6-11(3)13(4,7-9)8-10(2)12(14)15/h8-9,11H,5-7H2,1-4H3,(H,14,15). The van der Waals surface area contributed by atoms with Gasteiger partial charge in [-0.05, 0) is 37.0 Å². The maximum absolute atomic E-state index is 10.8. The summed E-state index contributed by atoms with van der Waals surface area (Å²) in [5, 5.41) is 8.91. The van der Waals surface area contributed by atoms with E-state index >= 15 is 0 Å². The molecular weight excluding hydrogens is 188 g/mol. The first-order chi connectivity index (χ1) is 6.85. The molecule has 86 valence electrons. The highest BCUT2D eigenvalue weighted by Crippen LogP contribution is 2.44. The van der Waals surface area contributed by atoms with Crippen LogP contribution in [0.3, 0.4) is 0 Å². The number of hydrogen-bond acceptors (Lipinski definition) is 1. The van der Waals surface area contributed by atoms with Crippen LogP contribution in [0.25, 0.3) is 0 Å². The lowest BCUT2D eigenvalue weighted by molar-refractivity contribution is -0.132. The van der Waals surface area contributed by atoms with Gasteiger partial charge in [0.15, 0.2) is 0 Å². The van der Waals surface area contributed by atoms with E-state index in [0.717, 1.165) is 6.42 Å². The summed E-state index contributed by atoms with van der Waals surface area (Å²) in [5.74, 6) is 0.508. The molecule has 0 aliphatic heterocycles. The van der Waals surface area contributed by atoms with Gasteiger partial charge in [0.1, 0.15) is 0 Å². The minimum absolute atomic E-state index is 0.0696. The molecule has 0 aromatic rings. The van der Waals surface area contributed by atoms with Crippen LogP contribution < -0.4 is 0 Å². The molecule has 0 aromatic heterocycles. The molecule has 0 spiro atoms. The summed E-state index contributed by atoms with van der Waals surface area (Å²) in [6.45, 7) is 8.38. The molecule has 0 bridgehead atoms. The summed E-state index contributed by atoms with van der Waals surface area (Å²) in [7, 11) is 0. The average Bonchev–Trinajstić information content (AvgIpc) is 2.11. The number of carbonyl (C=O) groups is 1. The first-order valence-electron chi connectivity index (χ1n) is 5.78. The fourth-order valence-corrected chi connectivity index (χ4v) is 2.68. The van der Waals surface area contributed by atoms with Crippen molar-refractivity contribution in [3.8, 4) is 0 Å². The van der Waals surface area contributed by atoms with Crippen LogP contribution in [0.4, 0.5) is 0 Å². The van der Waals surface area contributed by atoms with Crippen LogP contribution in [0.2, 0.25) is 0 Å². The third-order valence-corrected chi connectivity index (χ3v) is 3.89. The fourth-order valence-electron chi connectivity index (χ4n) is 2.68. The van der Waals surface area contributed by atoms with E-state index in [2.05, 4.69) is 20.8 Å². The van der Waals surface area contributed by atoms with E-state index in [1.165, 1.54) is 12.8 Å². The third-order valence-electron chi connectivity index (χ3n) is 3.89. The van der Waals surface area contributed by atoms with Gasteiger partial charge in [0.05, 0.1) is 0 Å². The number of rotatable bonds is 2. The SMILES string of the molecule is CC(=CC1(C)CC(C)CCC1C)C(=O)O. The molecule has 0 aromatic carbocycles. The Labute approximate surface area is 92.4 Å². The summed E-state index contributed by atoms with van der Waals surface area (Å²) < 4.78 is 0. The number of hydrogen-bond donors (Lipinski definition) is 1. The van der Waals surface area contributed by atoms with Gasteiger partial charge in [0.2, 0.25) is 0 Å². The van der Waals surface area contributed by atoms with Crippen LogP contribution >= 0.6 is 0 Å². The molecule has 1 saturated carbocycles. The van der Waals surface area contributed by atoms with Gasteiger partial charge in [-0.25, -0.2) is 4.79 Å². The van der Waals surface area contributed by atoms with Crippen molar-refractivity contribution in [1.29, 1.82) is 0 Å². The average molecular weight is 210 g/mol. The number of carboxylic acid groups (broad SMARTS) is 1. The lowest BCUT2D eigenvalue weighted by Crippen LogP contribution is -2.31. The Bertz CT molecular complexity index is 280. The highest BCUT2D eigenvalue weighted by Gasteiger charge is 2.35. The second kappa shape index (κ2) is 4.38. The molecule has 3 atom stereocenters. The Balaban J connectivity index is 2.88. The Morgan fingerprint density at radius 1 is 1.40 bits per heavy atom. The molecule has 2 nitrogen and oxygen atoms in total. The van der Waals surface area contributed by atoms with Gasteiger partial charge in [0.25, 0.3) is 0 Å². The van der Waals surface area contributed by atoms with Crippen molar-refractivity contribution in [2.24, 2.45) is 17.3 Å². The molecule has 15 heavy (non-hydrogen) atoms. The first-order valence-corrected chi connectivity index (χ1v) is 5.78. The van der Waals surface area contributed by atoms with Crippen molar-refractivity contribution in [2.45, 2.75) is 47.0 Å². The normalized spacial score (nSPS) is 37.7. The lowest BCUT2D eigenvalue weighted by Gasteiger charge is -2.40. The molecule has 1 N–H and O–H groups in total. The van der Waals surface area contributed by atoms with Crippen molar-refractivity contribution in [3.05, 3.63) is 11.6 Å². The summed E-state index contributed by atoms with van der Waals surface area (Å²) in [6, 6.07) is 0. The van der Waals surface area contributed by atoms with Crippen LogP contribution in [0.15, 0.2) is 11.6 Å². The van der Waals surface area contributed by atoms with E-state index in [-0.39, 0.29) is 5.41 Å². The highest BCUT2D eigenvalue weighted by atomic mass is 16.4. The van der Waals surface area contributed by atoms with Crippen molar-refractivity contribution in [3.63, 3.8) is 0 Å². The minimum Gasteiger partial charge on any atom is -0.478 e. The largest absolute Gasteiger partial charge is 0.478 e. The van der Waals surface area contributed by atoms with Crippen LogP contribution in [-0.2, 0) is 4.79 Å². The fraction of sp³-hybridized carbons (Fsp3) is 0.769. The second-order valence-corrected chi connectivity index (χ2v) is 5.43. The summed E-state index contributed by atoms with van der Waals surface area (Å²) >= 11 is 0. The number of carboxylic acids is 1. The molecule has 2 heteroatoms. The first kappa shape index (κ1) is 12.3. The van der Waals surface area contributed by atoms with Crippen LogP contribution in [0.5, 0.6) is 0 Å². The van der Waals surface area contributed by atoms with Crippen molar-refractivity contribution in [2.75, 3.05) is 0 Å². The van der Waals surface area contributed by atoms with Crippen molar-refractivity contribution < 1.29 is 9.90 Å². The van der Waals surface area contributed by atoms with E-state index in [0.29, 0.717) is 17.4 Å². The predicted molar refractivity (Wildman–Crippen MR) is 61.7 cm³/mol. The monoisotopic (exact) mass is 210 g/mol. The zero-order chi connectivity index (χ0) is 11.6. The van der Waals surface area contributed by atoms with Crippen LogP contribution in [-0.4, -0.2) is 11.1 Å². The maximum atomic E-state index is 10.8. The van der Waals surface area contributed by atoms with Gasteiger partial charge in [-0.15, -0.1) is 0 Å². The molecule has 1 rings (SSSR count). The molecule has 0 radical (unpaired) electrons. The van der Waals surface area contributed by atoms with Gasteiger partial charge >= 0.3 is 5.97 Å². The van der Waals surface area contributed by atoms with Gasteiger partial charge in [-0.1, -0.05) is 33.3 Å². The Morgan fingerprint density at radius 2 is 2.00 bits per heavy atom. The van der Waals surface area contributed by atoms with Crippen LogP contribution in [0, 0.1) is 17.3 Å². The third kappa shape index (κ3) is 2.83. The van der Waals surface area contributed by atoms with Gasteiger partial charge in [0, 0.05) is 5.57 Å². The van der Waals surface area contributed by atoms with E-state index in [9.17, 15) is 4.79 Å². The second-order valence-electron chi connectivity index (χ2n) is 5.43. The molecule has 1 aliphatic carbocycles. The number of allylic oxidation sites excluding steroid dienone is 1. The molecule has 3 unspecified atom stereocenters. The summed E-state index contributed by atoms with van der Waals surface area (Å²) in [5.41, 5.74) is 0.554. The smallest absolute Gasteiger partial charge is 0.330 e. The van der Waals surface area contributed by atoms with Gasteiger partial charge in [-0.2, -0.15) is 0 Å². The molecule has 0 saturated heterocycles. The maximum Gasteiger partial charge on any atom is 0.330 e. The van der Waals surface area contributed by atoms with E-state index < -0.39 is 5.97 Å². The number of aliphatic carboxylic acids is 1. The zero-order valence-electron chi connectivity index (χ0n) is 10.2. The molecule has 1 aliphatic rings. The van der Waals surface area contributed by atoms with Gasteiger partial charge < -0.3 is 5.11 Å². The molecule has 0 amide bonds. The van der Waals surface area contributed by atoms with E-state index in [4.69, 9.17) is 5.11 Å². The topological polar surface area (TPSA) is 37.3 Å². The summed E-state index contributed by atoms with van der Waals surface area (Å²) in [4.78, 5) is 10.8. The zero-order valence-corrected chi connectivity index (χ0v) is 10.2. The van der Waals surface area contributed by atoms with Crippen LogP contribution in [0.1, 0.15) is 47.0 Å². The Hall–Kier alpha value is -0.790. The summed E-state index contributed by atoms with van der Waals surface area (Å²) in [6.07, 6.45) is 5.56. The van der Waals surface area contributed by atoms with Crippen molar-refractivity contribution in [1.82, 2.24) is 0 Å². The highest BCUT2D eigenvalue weighted by molar-refractivity contribution is 5.85. The lowest BCUT2D eigenvalue weighted by atomic mass is 9.64. The molecule has 1 fully saturated rings.